The zero-order valence-corrected chi connectivity index (χ0v) is 14.5. The van der Waals surface area contributed by atoms with Gasteiger partial charge in [0.1, 0.15) is 13.2 Å². The Balaban J connectivity index is 1.87. The molecule has 1 atom stereocenters. The number of hydrogen-bond donors (Lipinski definition) is 1. The van der Waals surface area contributed by atoms with Crippen LogP contribution in [0.3, 0.4) is 0 Å². The molecule has 2 aliphatic heterocycles. The van der Waals surface area contributed by atoms with E-state index in [4.69, 9.17) is 4.74 Å². The average molecular weight is 368 g/mol. The largest absolute Gasteiger partial charge is 0.442 e. The van der Waals surface area contributed by atoms with Crippen LogP contribution in [0.2, 0.25) is 0 Å². The molecular formula is C16H18F2N4O4. The topological polar surface area (TPSA) is 83.5 Å². The number of benzene rings is 1. The molecule has 1 saturated heterocycles. The maximum absolute atomic E-state index is 14.7. The number of halogens is 2. The first-order valence-electron chi connectivity index (χ1n) is 7.86. The van der Waals surface area contributed by atoms with Crippen molar-refractivity contribution in [1.29, 1.82) is 0 Å². The highest BCUT2D eigenvalue weighted by molar-refractivity contribution is 6.09. The lowest BCUT2D eigenvalue weighted by atomic mass is 10.1. The van der Waals surface area contributed by atoms with Gasteiger partial charge in [0.15, 0.2) is 0 Å². The Morgan fingerprint density at radius 2 is 2.23 bits per heavy atom. The van der Waals surface area contributed by atoms with Gasteiger partial charge < -0.3 is 19.8 Å². The normalized spacial score (nSPS) is 22.4. The molecule has 1 fully saturated rings. The summed E-state index contributed by atoms with van der Waals surface area (Å²) in [4.78, 5) is 30.1. The lowest BCUT2D eigenvalue weighted by molar-refractivity contribution is -0.119. The fourth-order valence-corrected chi connectivity index (χ4v) is 2.98. The van der Waals surface area contributed by atoms with Crippen molar-refractivity contribution in [3.63, 3.8) is 0 Å². The third-order valence-electron chi connectivity index (χ3n) is 4.22. The van der Waals surface area contributed by atoms with E-state index in [-0.39, 0.29) is 35.9 Å². The third-order valence-corrected chi connectivity index (χ3v) is 4.22. The molecule has 1 N–H and O–H groups in total. The molecule has 8 nitrogen and oxygen atoms in total. The van der Waals surface area contributed by atoms with E-state index in [2.05, 4.69) is 15.3 Å². The van der Waals surface area contributed by atoms with E-state index in [1.807, 2.05) is 0 Å². The Morgan fingerprint density at radius 1 is 1.50 bits per heavy atom. The number of alkyl halides is 2. The van der Waals surface area contributed by atoms with Crippen molar-refractivity contribution < 1.29 is 27.9 Å². The number of nitrogens with zero attached hydrogens (tertiary/aromatic N) is 3. The minimum atomic E-state index is -3.35. The zero-order valence-electron chi connectivity index (χ0n) is 14.5. The highest BCUT2D eigenvalue weighted by Crippen LogP contribution is 2.46. The Labute approximate surface area is 148 Å². The summed E-state index contributed by atoms with van der Waals surface area (Å²) in [6, 6.07) is 4.29. The number of oxime groups is 1. The first kappa shape index (κ1) is 17.9. The highest BCUT2D eigenvalue weighted by atomic mass is 19.3. The molecule has 2 aliphatic rings. The van der Waals surface area contributed by atoms with Crippen LogP contribution < -0.4 is 15.1 Å². The fraction of sp³-hybridized carbons (Fsp3) is 0.438. The maximum Gasteiger partial charge on any atom is 0.414 e. The summed E-state index contributed by atoms with van der Waals surface area (Å²) in [7, 11) is 2.66. The third kappa shape index (κ3) is 2.91. The van der Waals surface area contributed by atoms with Crippen molar-refractivity contribution in [2.45, 2.75) is 19.0 Å². The van der Waals surface area contributed by atoms with Crippen LogP contribution in [-0.4, -0.2) is 51.2 Å². The lowest BCUT2D eigenvalue weighted by Gasteiger charge is -2.16. The SMILES string of the molecule is CON=C1N(C)c2ccc(N3C[C@H](CNC(C)=O)OC3=O)cc2C1(F)F. The second-order valence-electron chi connectivity index (χ2n) is 5.99. The van der Waals surface area contributed by atoms with Gasteiger partial charge in [0.05, 0.1) is 24.3 Å². The van der Waals surface area contributed by atoms with Crippen molar-refractivity contribution in [1.82, 2.24) is 5.32 Å². The standard InChI is InChI=1S/C16H18F2N4O4/c1-9(23)19-7-11-8-22(15(24)26-11)10-4-5-13-12(6-10)16(17,18)14(20-25-3)21(13)2/h4-6,11H,7-8H2,1-3H3,(H,19,23)/t11-/m0/s1. The quantitative estimate of drug-likeness (QED) is 0.817. The number of nitrogens with one attached hydrogen (secondary N) is 1. The van der Waals surface area contributed by atoms with Gasteiger partial charge in [-0.25, -0.2) is 4.79 Å². The van der Waals surface area contributed by atoms with Crippen molar-refractivity contribution >= 4 is 29.2 Å². The summed E-state index contributed by atoms with van der Waals surface area (Å²) in [6.45, 7) is 1.66. The highest BCUT2D eigenvalue weighted by Gasteiger charge is 2.50. The van der Waals surface area contributed by atoms with Gasteiger partial charge in [-0.05, 0) is 18.2 Å². The first-order valence-corrected chi connectivity index (χ1v) is 7.86. The molecule has 0 unspecified atom stereocenters. The molecule has 0 spiro atoms. The average Bonchev–Trinajstić information content (AvgIpc) is 3.04. The molecule has 0 radical (unpaired) electrons. The predicted molar refractivity (Wildman–Crippen MR) is 89.5 cm³/mol. The van der Waals surface area contributed by atoms with Gasteiger partial charge in [0.2, 0.25) is 11.7 Å². The van der Waals surface area contributed by atoms with Gasteiger partial charge in [0, 0.05) is 19.7 Å². The van der Waals surface area contributed by atoms with E-state index in [1.165, 1.54) is 43.0 Å². The molecule has 26 heavy (non-hydrogen) atoms. The van der Waals surface area contributed by atoms with Crippen LogP contribution in [0.5, 0.6) is 0 Å². The van der Waals surface area contributed by atoms with Gasteiger partial charge in [-0.2, -0.15) is 8.78 Å². The molecule has 0 aliphatic carbocycles. The lowest BCUT2D eigenvalue weighted by Crippen LogP contribution is -2.33. The van der Waals surface area contributed by atoms with Crippen LogP contribution >= 0.6 is 0 Å². The number of ether oxygens (including phenoxy) is 1. The van der Waals surface area contributed by atoms with Crippen molar-refractivity contribution in [2.24, 2.45) is 5.16 Å². The van der Waals surface area contributed by atoms with Crippen LogP contribution in [0.4, 0.5) is 25.0 Å². The van der Waals surface area contributed by atoms with E-state index in [0.717, 1.165) is 0 Å². The minimum Gasteiger partial charge on any atom is -0.442 e. The van der Waals surface area contributed by atoms with Gasteiger partial charge in [-0.15, -0.1) is 0 Å². The van der Waals surface area contributed by atoms with Crippen molar-refractivity contribution in [3.8, 4) is 0 Å². The number of carbonyl (C=O) groups is 2. The van der Waals surface area contributed by atoms with Gasteiger partial charge in [0.25, 0.3) is 0 Å². The molecule has 0 aromatic heterocycles. The fourth-order valence-electron chi connectivity index (χ4n) is 2.98. The van der Waals surface area contributed by atoms with E-state index < -0.39 is 24.0 Å². The van der Waals surface area contributed by atoms with Crippen LogP contribution in [-0.2, 0) is 20.3 Å². The molecule has 3 rings (SSSR count). The number of hydrogen-bond acceptors (Lipinski definition) is 5. The first-order chi connectivity index (χ1) is 12.3. The smallest absolute Gasteiger partial charge is 0.414 e. The van der Waals surface area contributed by atoms with Crippen molar-refractivity contribution in [2.75, 3.05) is 37.0 Å². The number of rotatable bonds is 4. The van der Waals surface area contributed by atoms with Crippen LogP contribution in [0.15, 0.2) is 23.4 Å². The molecule has 1 aromatic carbocycles. The summed E-state index contributed by atoms with van der Waals surface area (Å²) in [5.41, 5.74) is 0.286. The summed E-state index contributed by atoms with van der Waals surface area (Å²) < 4.78 is 34.5. The van der Waals surface area contributed by atoms with E-state index in [0.29, 0.717) is 0 Å². The number of cyclic esters (lactones) is 1. The van der Waals surface area contributed by atoms with E-state index >= 15 is 0 Å². The van der Waals surface area contributed by atoms with Gasteiger partial charge in [-0.1, -0.05) is 5.16 Å². The molecular weight excluding hydrogens is 350 g/mol. The number of anilines is 2. The van der Waals surface area contributed by atoms with E-state index in [1.54, 1.807) is 6.07 Å². The molecule has 10 heteroatoms. The minimum absolute atomic E-state index is 0.151. The Morgan fingerprint density at radius 3 is 2.88 bits per heavy atom. The number of fused-ring (bicyclic) bond motifs is 1. The van der Waals surface area contributed by atoms with Gasteiger partial charge >= 0.3 is 12.0 Å². The van der Waals surface area contributed by atoms with Gasteiger partial charge in [-0.3, -0.25) is 9.69 Å². The van der Waals surface area contributed by atoms with E-state index in [9.17, 15) is 18.4 Å². The Kier molecular flexibility index (Phi) is 4.43. The number of amidine groups is 1. The van der Waals surface area contributed by atoms with Crippen LogP contribution in [0.25, 0.3) is 0 Å². The molecule has 2 amide bonds. The molecule has 1 aromatic rings. The Hall–Kier alpha value is -2.91. The maximum atomic E-state index is 14.7. The van der Waals surface area contributed by atoms with Crippen molar-refractivity contribution in [3.05, 3.63) is 23.8 Å². The monoisotopic (exact) mass is 368 g/mol. The molecule has 0 bridgehead atoms. The molecule has 2 heterocycles. The Bertz CT molecular complexity index is 784. The van der Waals surface area contributed by atoms with Crippen LogP contribution in [0, 0.1) is 0 Å². The second-order valence-corrected chi connectivity index (χ2v) is 5.99. The molecule has 140 valence electrons. The summed E-state index contributed by atoms with van der Waals surface area (Å²) >= 11 is 0. The number of likely N-dealkylation sites (N-methyl/N-ethyl adjacent to an activating group) is 1. The summed E-state index contributed by atoms with van der Waals surface area (Å²) in [6.07, 6.45) is -1.20. The zero-order chi connectivity index (χ0) is 19.1. The predicted octanol–water partition coefficient (Wildman–Crippen LogP) is 1.65. The van der Waals surface area contributed by atoms with Crippen LogP contribution in [0.1, 0.15) is 12.5 Å². The number of amides is 2. The second kappa shape index (κ2) is 6.43. The number of carbonyl (C=O) groups excluding carboxylic acids is 2. The summed E-state index contributed by atoms with van der Waals surface area (Å²) in [5.74, 6) is -4.13. The molecule has 0 saturated carbocycles. The summed E-state index contributed by atoms with van der Waals surface area (Å²) in [5, 5.41) is 5.98.